The van der Waals surface area contributed by atoms with E-state index in [-0.39, 0.29) is 0 Å². The Kier molecular flexibility index (Phi) is 5.75. The van der Waals surface area contributed by atoms with Crippen molar-refractivity contribution >= 4 is 17.5 Å². The summed E-state index contributed by atoms with van der Waals surface area (Å²) in [5, 5.41) is 3.47. The van der Waals surface area contributed by atoms with Gasteiger partial charge in [0.15, 0.2) is 0 Å². The standard InChI is InChI=1S/C18H26N4/c1-5-7-13-22(4)18-19-12-11-16(21-18)20-17-14(3)9-8-10-15(17)6-2/h8-12H,5-7,13H2,1-4H3,(H,19,20,21). The number of nitrogens with one attached hydrogen (secondary N) is 1. The van der Waals surface area contributed by atoms with Crippen LogP contribution in [-0.2, 0) is 6.42 Å². The molecule has 0 fully saturated rings. The fourth-order valence-electron chi connectivity index (χ4n) is 2.43. The van der Waals surface area contributed by atoms with Crippen molar-refractivity contribution in [3.63, 3.8) is 0 Å². The number of hydrogen-bond donors (Lipinski definition) is 1. The summed E-state index contributed by atoms with van der Waals surface area (Å²) < 4.78 is 0. The predicted octanol–water partition coefficient (Wildman–Crippen LogP) is 4.33. The molecule has 1 aromatic carbocycles. The second-order valence-corrected chi connectivity index (χ2v) is 5.60. The molecular weight excluding hydrogens is 272 g/mol. The minimum atomic E-state index is 0.769. The molecule has 4 heteroatoms. The maximum Gasteiger partial charge on any atom is 0.227 e. The third-order valence-corrected chi connectivity index (χ3v) is 3.82. The van der Waals surface area contributed by atoms with Gasteiger partial charge in [0, 0.05) is 25.5 Å². The van der Waals surface area contributed by atoms with Crippen LogP contribution in [0, 0.1) is 6.92 Å². The van der Waals surface area contributed by atoms with Gasteiger partial charge in [0.25, 0.3) is 0 Å². The lowest BCUT2D eigenvalue weighted by atomic mass is 10.1. The fraction of sp³-hybridized carbons (Fsp3) is 0.444. The summed E-state index contributed by atoms with van der Waals surface area (Å²) in [7, 11) is 2.04. The van der Waals surface area contributed by atoms with E-state index in [9.17, 15) is 0 Å². The van der Waals surface area contributed by atoms with Crippen LogP contribution in [0.25, 0.3) is 0 Å². The van der Waals surface area contributed by atoms with Crippen molar-refractivity contribution in [2.24, 2.45) is 0 Å². The lowest BCUT2D eigenvalue weighted by Gasteiger charge is -2.18. The molecule has 0 atom stereocenters. The highest BCUT2D eigenvalue weighted by Crippen LogP contribution is 2.25. The molecule has 1 heterocycles. The third kappa shape index (κ3) is 3.97. The van der Waals surface area contributed by atoms with Crippen LogP contribution in [0.5, 0.6) is 0 Å². The maximum atomic E-state index is 4.64. The topological polar surface area (TPSA) is 41.1 Å². The van der Waals surface area contributed by atoms with Crippen LogP contribution in [0.15, 0.2) is 30.5 Å². The smallest absolute Gasteiger partial charge is 0.227 e. The molecule has 22 heavy (non-hydrogen) atoms. The van der Waals surface area contributed by atoms with Crippen LogP contribution in [0.2, 0.25) is 0 Å². The summed E-state index contributed by atoms with van der Waals surface area (Å²) >= 11 is 0. The van der Waals surface area contributed by atoms with E-state index < -0.39 is 0 Å². The Labute approximate surface area is 133 Å². The monoisotopic (exact) mass is 298 g/mol. The van der Waals surface area contributed by atoms with Gasteiger partial charge in [-0.2, -0.15) is 4.98 Å². The van der Waals surface area contributed by atoms with E-state index in [1.807, 2.05) is 19.3 Å². The molecular formula is C18H26N4. The molecule has 0 saturated carbocycles. The summed E-state index contributed by atoms with van der Waals surface area (Å²) in [5.41, 5.74) is 3.70. The predicted molar refractivity (Wildman–Crippen MR) is 94.0 cm³/mol. The minimum absolute atomic E-state index is 0.769. The van der Waals surface area contributed by atoms with Gasteiger partial charge in [0.1, 0.15) is 5.82 Å². The molecule has 0 bridgehead atoms. The highest BCUT2D eigenvalue weighted by molar-refractivity contribution is 5.65. The van der Waals surface area contributed by atoms with Crippen LogP contribution in [0.4, 0.5) is 17.5 Å². The van der Waals surface area contributed by atoms with Gasteiger partial charge in [-0.1, -0.05) is 38.5 Å². The van der Waals surface area contributed by atoms with Crippen LogP contribution in [0.1, 0.15) is 37.8 Å². The quantitative estimate of drug-likeness (QED) is 0.826. The summed E-state index contributed by atoms with van der Waals surface area (Å²) in [6, 6.07) is 8.30. The van der Waals surface area contributed by atoms with Crippen molar-refractivity contribution in [2.75, 3.05) is 23.8 Å². The van der Waals surface area contributed by atoms with Crippen LogP contribution in [0.3, 0.4) is 0 Å². The lowest BCUT2D eigenvalue weighted by Crippen LogP contribution is -2.21. The number of anilines is 3. The van der Waals surface area contributed by atoms with Gasteiger partial charge in [-0.15, -0.1) is 0 Å². The molecule has 0 unspecified atom stereocenters. The van der Waals surface area contributed by atoms with E-state index in [2.05, 4.69) is 59.2 Å². The number of aryl methyl sites for hydroxylation is 2. The summed E-state index contributed by atoms with van der Waals surface area (Å²) in [6.45, 7) is 7.46. The third-order valence-electron chi connectivity index (χ3n) is 3.82. The van der Waals surface area contributed by atoms with Crippen molar-refractivity contribution in [2.45, 2.75) is 40.0 Å². The molecule has 0 aliphatic rings. The lowest BCUT2D eigenvalue weighted by molar-refractivity contribution is 0.750. The molecule has 0 saturated heterocycles. The Balaban J connectivity index is 2.21. The average Bonchev–Trinajstić information content (AvgIpc) is 2.54. The van der Waals surface area contributed by atoms with Gasteiger partial charge in [0.05, 0.1) is 0 Å². The maximum absolute atomic E-state index is 4.64. The summed E-state index contributed by atoms with van der Waals surface area (Å²) in [6.07, 6.45) is 5.13. The van der Waals surface area contributed by atoms with Gasteiger partial charge in [-0.05, 0) is 37.0 Å². The molecule has 2 rings (SSSR count). The first-order chi connectivity index (χ1) is 10.7. The van der Waals surface area contributed by atoms with Crippen LogP contribution in [-0.4, -0.2) is 23.6 Å². The Morgan fingerprint density at radius 2 is 2.00 bits per heavy atom. The highest BCUT2D eigenvalue weighted by atomic mass is 15.2. The molecule has 0 radical (unpaired) electrons. The second kappa shape index (κ2) is 7.78. The Morgan fingerprint density at radius 1 is 1.18 bits per heavy atom. The van der Waals surface area contributed by atoms with Gasteiger partial charge in [-0.25, -0.2) is 4.98 Å². The number of nitrogens with zero attached hydrogens (tertiary/aromatic N) is 3. The van der Waals surface area contributed by atoms with Crippen molar-refractivity contribution in [3.8, 4) is 0 Å². The Hall–Kier alpha value is -2.10. The van der Waals surface area contributed by atoms with E-state index in [1.165, 1.54) is 17.5 Å². The molecule has 2 aromatic rings. The summed E-state index contributed by atoms with van der Waals surface area (Å²) in [5.74, 6) is 1.61. The Bertz CT molecular complexity index is 610. The normalized spacial score (nSPS) is 10.5. The number of hydrogen-bond acceptors (Lipinski definition) is 4. The second-order valence-electron chi connectivity index (χ2n) is 5.60. The van der Waals surface area contributed by atoms with E-state index >= 15 is 0 Å². The van der Waals surface area contributed by atoms with Gasteiger partial charge < -0.3 is 10.2 Å². The largest absolute Gasteiger partial charge is 0.344 e. The van der Waals surface area contributed by atoms with Crippen molar-refractivity contribution in [3.05, 3.63) is 41.6 Å². The van der Waals surface area contributed by atoms with Gasteiger partial charge in [0.2, 0.25) is 5.95 Å². The van der Waals surface area contributed by atoms with Crippen molar-refractivity contribution in [1.29, 1.82) is 0 Å². The van der Waals surface area contributed by atoms with Gasteiger partial charge >= 0.3 is 0 Å². The molecule has 118 valence electrons. The zero-order valence-corrected chi connectivity index (χ0v) is 14.1. The van der Waals surface area contributed by atoms with E-state index in [4.69, 9.17) is 0 Å². The first-order valence-electron chi connectivity index (χ1n) is 8.05. The van der Waals surface area contributed by atoms with E-state index in [0.29, 0.717) is 0 Å². The molecule has 0 amide bonds. The number of rotatable bonds is 7. The Morgan fingerprint density at radius 3 is 2.73 bits per heavy atom. The van der Waals surface area contributed by atoms with E-state index in [0.717, 1.165) is 36.8 Å². The molecule has 0 spiro atoms. The summed E-state index contributed by atoms with van der Waals surface area (Å²) in [4.78, 5) is 11.1. The number of unbranched alkanes of at least 4 members (excludes halogenated alkanes) is 1. The molecule has 4 nitrogen and oxygen atoms in total. The van der Waals surface area contributed by atoms with Gasteiger partial charge in [-0.3, -0.25) is 0 Å². The zero-order valence-electron chi connectivity index (χ0n) is 14.1. The molecule has 1 N–H and O–H groups in total. The molecule has 1 aromatic heterocycles. The fourth-order valence-corrected chi connectivity index (χ4v) is 2.43. The van der Waals surface area contributed by atoms with Crippen LogP contribution < -0.4 is 10.2 Å². The molecule has 0 aliphatic carbocycles. The minimum Gasteiger partial charge on any atom is -0.344 e. The van der Waals surface area contributed by atoms with Crippen LogP contribution >= 0.6 is 0 Å². The number of benzene rings is 1. The highest BCUT2D eigenvalue weighted by Gasteiger charge is 2.08. The SMILES string of the molecule is CCCCN(C)c1nccc(Nc2c(C)cccc2CC)n1. The number of aromatic nitrogens is 2. The molecule has 0 aliphatic heterocycles. The first-order valence-corrected chi connectivity index (χ1v) is 8.05. The van der Waals surface area contributed by atoms with E-state index in [1.54, 1.807) is 0 Å². The van der Waals surface area contributed by atoms with Crippen molar-refractivity contribution in [1.82, 2.24) is 9.97 Å². The first kappa shape index (κ1) is 16.3. The average molecular weight is 298 g/mol. The van der Waals surface area contributed by atoms with Crippen molar-refractivity contribution < 1.29 is 0 Å². The number of para-hydroxylation sites is 1. The zero-order chi connectivity index (χ0) is 15.9.